The minimum atomic E-state index is -0.496. The minimum absolute atomic E-state index is 0.0935. The fraction of sp³-hybridized carbons (Fsp3) is 0.571. The summed E-state index contributed by atoms with van der Waals surface area (Å²) >= 11 is 0. The molecule has 1 fully saturated rings. The highest BCUT2D eigenvalue weighted by Gasteiger charge is 2.49. The third kappa shape index (κ3) is 3.95. The first-order chi connectivity index (χ1) is 15.6. The second-order valence-corrected chi connectivity index (χ2v) is 11.8. The number of aromatic hydroxyl groups is 1. The maximum atomic E-state index is 13.7. The van der Waals surface area contributed by atoms with E-state index in [1.807, 2.05) is 12.1 Å². The first kappa shape index (κ1) is 22.4. The van der Waals surface area contributed by atoms with E-state index in [-0.39, 0.29) is 34.2 Å². The highest BCUT2D eigenvalue weighted by molar-refractivity contribution is 6.07. The summed E-state index contributed by atoms with van der Waals surface area (Å²) in [6.45, 7) is 10.0. The molecule has 1 atom stereocenters. The zero-order valence-corrected chi connectivity index (χ0v) is 20.2. The van der Waals surface area contributed by atoms with Crippen molar-refractivity contribution in [3.63, 3.8) is 0 Å². The van der Waals surface area contributed by atoms with Crippen molar-refractivity contribution in [2.75, 3.05) is 13.2 Å². The van der Waals surface area contributed by atoms with Crippen molar-refractivity contribution in [2.24, 2.45) is 10.8 Å². The van der Waals surface area contributed by atoms with Gasteiger partial charge in [0.25, 0.3) is 0 Å². The summed E-state index contributed by atoms with van der Waals surface area (Å²) in [5, 5.41) is 10.8. The van der Waals surface area contributed by atoms with Crippen LogP contribution in [0.4, 0.5) is 0 Å². The molecule has 1 aromatic rings. The lowest BCUT2D eigenvalue weighted by Crippen LogP contribution is -2.46. The molecule has 4 aliphatic rings. The predicted molar refractivity (Wildman–Crippen MR) is 127 cm³/mol. The molecule has 33 heavy (non-hydrogen) atoms. The van der Waals surface area contributed by atoms with Gasteiger partial charge in [-0.1, -0.05) is 45.9 Å². The smallest absolute Gasteiger partial charge is 0.162 e. The number of allylic oxidation sites excluding steroid dienone is 4. The highest BCUT2D eigenvalue weighted by atomic mass is 16.5. The maximum absolute atomic E-state index is 13.7. The van der Waals surface area contributed by atoms with Crippen LogP contribution in [0.15, 0.2) is 46.8 Å². The van der Waals surface area contributed by atoms with Crippen LogP contribution >= 0.6 is 0 Å². The Balaban J connectivity index is 1.75. The Labute approximate surface area is 196 Å². The van der Waals surface area contributed by atoms with E-state index in [0.717, 1.165) is 43.7 Å². The van der Waals surface area contributed by atoms with Gasteiger partial charge in [-0.2, -0.15) is 0 Å². The van der Waals surface area contributed by atoms with E-state index in [2.05, 4.69) is 32.6 Å². The van der Waals surface area contributed by atoms with Crippen LogP contribution in [-0.4, -0.2) is 40.8 Å². The molecular weight excluding hydrogens is 414 g/mol. The molecule has 0 aromatic heterocycles. The highest BCUT2D eigenvalue weighted by Crippen LogP contribution is 2.55. The van der Waals surface area contributed by atoms with Crippen LogP contribution in [0.2, 0.25) is 0 Å². The monoisotopic (exact) mass is 449 g/mol. The molecular formula is C28H35NO4. The van der Waals surface area contributed by atoms with Gasteiger partial charge >= 0.3 is 0 Å². The van der Waals surface area contributed by atoms with Crippen LogP contribution in [0.3, 0.4) is 0 Å². The molecule has 0 saturated carbocycles. The molecule has 0 unspecified atom stereocenters. The lowest BCUT2D eigenvalue weighted by atomic mass is 9.63. The largest absolute Gasteiger partial charge is 0.508 e. The van der Waals surface area contributed by atoms with Gasteiger partial charge in [-0.15, -0.1) is 0 Å². The number of phenols is 1. The summed E-state index contributed by atoms with van der Waals surface area (Å²) in [4.78, 5) is 29.7. The number of carbonyl (C=O) groups excluding carboxylic acids is 2. The molecule has 2 aliphatic heterocycles. The quantitative estimate of drug-likeness (QED) is 0.682. The molecule has 5 nitrogen and oxygen atoms in total. The van der Waals surface area contributed by atoms with Gasteiger partial charge in [0.1, 0.15) is 5.75 Å². The van der Waals surface area contributed by atoms with E-state index in [1.54, 1.807) is 12.1 Å². The molecule has 0 bridgehead atoms. The third-order valence-corrected chi connectivity index (χ3v) is 7.68. The van der Waals surface area contributed by atoms with Crippen LogP contribution < -0.4 is 0 Å². The molecule has 0 radical (unpaired) electrons. The number of ether oxygens (including phenoxy) is 1. The summed E-state index contributed by atoms with van der Waals surface area (Å²) in [5.41, 5.74) is 3.84. The van der Waals surface area contributed by atoms with E-state index in [1.165, 1.54) is 0 Å². The second-order valence-electron chi connectivity index (χ2n) is 11.8. The van der Waals surface area contributed by atoms with Crippen LogP contribution in [0.25, 0.3) is 0 Å². The van der Waals surface area contributed by atoms with Gasteiger partial charge in [-0.05, 0) is 42.6 Å². The zero-order chi connectivity index (χ0) is 23.5. The molecule has 1 saturated heterocycles. The van der Waals surface area contributed by atoms with Crippen molar-refractivity contribution in [3.8, 4) is 5.75 Å². The van der Waals surface area contributed by atoms with Gasteiger partial charge in [0.15, 0.2) is 11.6 Å². The molecule has 2 aliphatic carbocycles. The molecule has 2 heterocycles. The topological polar surface area (TPSA) is 66.8 Å². The van der Waals surface area contributed by atoms with Gasteiger partial charge < -0.3 is 14.7 Å². The van der Waals surface area contributed by atoms with Crippen molar-refractivity contribution in [3.05, 3.63) is 52.4 Å². The second kappa shape index (κ2) is 7.83. The predicted octanol–water partition coefficient (Wildman–Crippen LogP) is 5.26. The number of phenolic OH excluding ortho intramolecular Hbond substituents is 1. The molecule has 1 aromatic carbocycles. The van der Waals surface area contributed by atoms with Crippen LogP contribution in [0.1, 0.15) is 77.7 Å². The standard InChI is InChI=1S/C28H35NO4/c1-27(2)12-19-25(22(31)14-27)24(18-9-5-6-10-21(18)30)26-20(13-28(3,4)15-23(26)32)29(19)16-17-8-7-11-33-17/h5-6,9-10,17,24,30H,7-8,11-16H2,1-4H3/t17-/m0/s1. The lowest BCUT2D eigenvalue weighted by Gasteiger charge is -2.49. The summed E-state index contributed by atoms with van der Waals surface area (Å²) in [6, 6.07) is 7.18. The molecule has 0 spiro atoms. The summed E-state index contributed by atoms with van der Waals surface area (Å²) in [6.07, 6.45) is 4.60. The van der Waals surface area contributed by atoms with Gasteiger partial charge in [0.2, 0.25) is 0 Å². The normalized spacial score (nSPS) is 27.2. The minimum Gasteiger partial charge on any atom is -0.508 e. The van der Waals surface area contributed by atoms with E-state index >= 15 is 0 Å². The summed E-state index contributed by atoms with van der Waals surface area (Å²) in [7, 11) is 0. The Morgan fingerprint density at radius 3 is 2.03 bits per heavy atom. The van der Waals surface area contributed by atoms with E-state index < -0.39 is 5.92 Å². The third-order valence-electron chi connectivity index (χ3n) is 7.68. The lowest BCUT2D eigenvalue weighted by molar-refractivity contribution is -0.119. The fourth-order valence-corrected chi connectivity index (χ4v) is 6.30. The van der Waals surface area contributed by atoms with Gasteiger partial charge in [0, 0.05) is 60.0 Å². The number of para-hydroxylation sites is 1. The Bertz CT molecular complexity index is 1020. The van der Waals surface area contributed by atoms with E-state index in [9.17, 15) is 14.7 Å². The van der Waals surface area contributed by atoms with E-state index in [4.69, 9.17) is 4.74 Å². The number of hydrogen-bond donors (Lipinski definition) is 1. The first-order valence-electron chi connectivity index (χ1n) is 12.3. The summed E-state index contributed by atoms with van der Waals surface area (Å²) < 4.78 is 6.01. The molecule has 1 N–H and O–H groups in total. The Kier molecular flexibility index (Phi) is 5.32. The number of ketones is 2. The van der Waals surface area contributed by atoms with Crippen molar-refractivity contribution < 1.29 is 19.4 Å². The SMILES string of the molecule is CC1(C)CC(=O)C2=C(C1)N(C[C@@H]1CCCO1)C1=C(C(=O)CC(C)(C)C1)C2c1ccccc1O. The number of Topliss-reactive ketones (excluding diaryl/α,β-unsaturated/α-hetero) is 2. The van der Waals surface area contributed by atoms with Crippen molar-refractivity contribution in [1.29, 1.82) is 0 Å². The van der Waals surface area contributed by atoms with Crippen LogP contribution in [0.5, 0.6) is 5.75 Å². The molecule has 176 valence electrons. The number of carbonyl (C=O) groups is 2. The maximum Gasteiger partial charge on any atom is 0.162 e. The number of nitrogens with zero attached hydrogens (tertiary/aromatic N) is 1. The first-order valence-corrected chi connectivity index (χ1v) is 12.3. The van der Waals surface area contributed by atoms with Gasteiger partial charge in [-0.3, -0.25) is 9.59 Å². The van der Waals surface area contributed by atoms with Crippen molar-refractivity contribution in [1.82, 2.24) is 4.90 Å². The van der Waals surface area contributed by atoms with Gasteiger partial charge in [-0.25, -0.2) is 0 Å². The van der Waals surface area contributed by atoms with Crippen LogP contribution in [0, 0.1) is 10.8 Å². The fourth-order valence-electron chi connectivity index (χ4n) is 6.30. The van der Waals surface area contributed by atoms with Crippen LogP contribution in [-0.2, 0) is 14.3 Å². The summed E-state index contributed by atoms with van der Waals surface area (Å²) in [5.74, 6) is -0.166. The average molecular weight is 450 g/mol. The van der Waals surface area contributed by atoms with E-state index in [0.29, 0.717) is 36.1 Å². The zero-order valence-electron chi connectivity index (χ0n) is 20.2. The molecule has 5 rings (SSSR count). The van der Waals surface area contributed by atoms with Gasteiger partial charge in [0.05, 0.1) is 6.10 Å². The number of rotatable bonds is 3. The Morgan fingerprint density at radius 1 is 0.939 bits per heavy atom. The molecule has 0 amide bonds. The molecule has 5 heteroatoms. The Morgan fingerprint density at radius 2 is 1.52 bits per heavy atom. The number of hydrogen-bond acceptors (Lipinski definition) is 5. The van der Waals surface area contributed by atoms with Crippen molar-refractivity contribution in [2.45, 2.75) is 78.2 Å². The Hall–Kier alpha value is -2.40. The number of benzene rings is 1. The average Bonchev–Trinajstić information content (AvgIpc) is 3.21. The van der Waals surface area contributed by atoms with Crippen molar-refractivity contribution >= 4 is 11.6 Å².